The van der Waals surface area contributed by atoms with E-state index in [2.05, 4.69) is 0 Å². The van der Waals surface area contributed by atoms with E-state index in [0.717, 1.165) is 17.7 Å². The lowest BCUT2D eigenvalue weighted by atomic mass is 9.94. The van der Waals surface area contributed by atoms with Crippen LogP contribution < -0.4 is 9.47 Å². The first-order valence-corrected chi connectivity index (χ1v) is 10.5. The van der Waals surface area contributed by atoms with Gasteiger partial charge in [0.05, 0.1) is 25.8 Å². The van der Waals surface area contributed by atoms with Crippen LogP contribution >= 0.6 is 0 Å². The van der Waals surface area contributed by atoms with Crippen molar-refractivity contribution in [1.29, 1.82) is 0 Å². The van der Waals surface area contributed by atoms with Crippen molar-refractivity contribution in [1.82, 2.24) is 9.80 Å². The van der Waals surface area contributed by atoms with Gasteiger partial charge in [-0.05, 0) is 57.7 Å². The van der Waals surface area contributed by atoms with Crippen molar-refractivity contribution in [3.63, 3.8) is 0 Å². The number of nitrogens with zero attached hydrogens (tertiary/aromatic N) is 2. The fourth-order valence-corrected chi connectivity index (χ4v) is 3.90. The molecule has 1 aliphatic rings. The van der Waals surface area contributed by atoms with E-state index in [1.54, 1.807) is 23.1 Å². The molecule has 1 heterocycles. The second-order valence-electron chi connectivity index (χ2n) is 8.13. The van der Waals surface area contributed by atoms with Crippen LogP contribution in [0.15, 0.2) is 48.0 Å². The number of rotatable bonds is 8. The van der Waals surface area contributed by atoms with Crippen molar-refractivity contribution in [3.8, 4) is 11.5 Å². The Hall–Kier alpha value is -3.32. The topological polar surface area (TPSA) is 79.3 Å². The molecule has 1 fully saturated rings. The van der Waals surface area contributed by atoms with Crippen LogP contribution in [0, 0.1) is 6.92 Å². The highest BCUT2D eigenvalue weighted by Crippen LogP contribution is 2.40. The van der Waals surface area contributed by atoms with Crippen LogP contribution in [-0.2, 0) is 9.59 Å². The number of ether oxygens (including phenoxy) is 2. The van der Waals surface area contributed by atoms with E-state index in [0.29, 0.717) is 30.0 Å². The van der Waals surface area contributed by atoms with Gasteiger partial charge in [0.25, 0.3) is 11.7 Å². The molecule has 170 valence electrons. The highest BCUT2D eigenvalue weighted by molar-refractivity contribution is 6.46. The van der Waals surface area contributed by atoms with Crippen molar-refractivity contribution < 1.29 is 24.2 Å². The number of ketones is 1. The van der Waals surface area contributed by atoms with Crippen LogP contribution in [0.4, 0.5) is 0 Å². The number of aliphatic hydroxyl groups is 1. The molecule has 0 spiro atoms. The van der Waals surface area contributed by atoms with E-state index >= 15 is 0 Å². The number of aryl methyl sites for hydroxylation is 1. The van der Waals surface area contributed by atoms with E-state index in [9.17, 15) is 14.7 Å². The first kappa shape index (κ1) is 23.3. The molecular weight excluding hydrogens is 408 g/mol. The van der Waals surface area contributed by atoms with Crippen LogP contribution in [0.5, 0.6) is 11.5 Å². The Morgan fingerprint density at radius 3 is 2.28 bits per heavy atom. The Labute approximate surface area is 188 Å². The van der Waals surface area contributed by atoms with Gasteiger partial charge < -0.3 is 24.4 Å². The summed E-state index contributed by atoms with van der Waals surface area (Å²) in [5, 5.41) is 11.2. The third-order valence-electron chi connectivity index (χ3n) is 5.59. The lowest BCUT2D eigenvalue weighted by molar-refractivity contribution is -0.139. The van der Waals surface area contributed by atoms with Gasteiger partial charge in [-0.25, -0.2) is 0 Å². The molecule has 2 aromatic carbocycles. The zero-order valence-electron chi connectivity index (χ0n) is 19.2. The summed E-state index contributed by atoms with van der Waals surface area (Å²) in [7, 11) is 6.94. The van der Waals surface area contributed by atoms with Gasteiger partial charge in [0, 0.05) is 12.1 Å². The lowest BCUT2D eigenvalue weighted by Gasteiger charge is -2.26. The van der Waals surface area contributed by atoms with Crippen LogP contribution in [0.3, 0.4) is 0 Å². The van der Waals surface area contributed by atoms with Gasteiger partial charge in [0.1, 0.15) is 5.76 Å². The van der Waals surface area contributed by atoms with Gasteiger partial charge in [-0.1, -0.05) is 29.8 Å². The second kappa shape index (κ2) is 9.87. The molecule has 7 nitrogen and oxygen atoms in total. The highest BCUT2D eigenvalue weighted by Gasteiger charge is 2.45. The summed E-state index contributed by atoms with van der Waals surface area (Å²) in [6.07, 6.45) is 0.707. The number of methoxy groups -OCH3 is 2. The molecule has 3 rings (SSSR count). The zero-order chi connectivity index (χ0) is 23.4. The molecule has 0 bridgehead atoms. The number of carbonyl (C=O) groups excluding carboxylic acids is 2. The molecule has 1 saturated heterocycles. The number of amides is 1. The van der Waals surface area contributed by atoms with Crippen molar-refractivity contribution in [2.45, 2.75) is 19.4 Å². The molecule has 0 unspecified atom stereocenters. The van der Waals surface area contributed by atoms with Crippen molar-refractivity contribution in [3.05, 3.63) is 64.7 Å². The molecule has 1 atom stereocenters. The maximum atomic E-state index is 13.1. The fourth-order valence-electron chi connectivity index (χ4n) is 3.90. The summed E-state index contributed by atoms with van der Waals surface area (Å²) in [4.78, 5) is 29.6. The van der Waals surface area contributed by atoms with Gasteiger partial charge in [-0.2, -0.15) is 0 Å². The van der Waals surface area contributed by atoms with Crippen molar-refractivity contribution >= 4 is 17.4 Å². The number of hydrogen-bond acceptors (Lipinski definition) is 6. The Kier molecular flexibility index (Phi) is 7.20. The molecule has 1 N–H and O–H groups in total. The van der Waals surface area contributed by atoms with Crippen LogP contribution in [-0.4, -0.2) is 68.0 Å². The average Bonchev–Trinajstić information content (AvgIpc) is 3.03. The summed E-state index contributed by atoms with van der Waals surface area (Å²) in [5.74, 6) is -0.596. The Morgan fingerprint density at radius 1 is 1.03 bits per heavy atom. The first-order valence-electron chi connectivity index (χ1n) is 10.5. The lowest BCUT2D eigenvalue weighted by Crippen LogP contribution is -2.32. The standard InChI is InChI=1S/C25H30N2O5/c1-16-7-9-17(10-8-16)22-21(24(29)25(30)27(22)14-6-13-26(2)3)23(28)18-11-12-19(31-4)20(15-18)32-5/h7-12,15,22,28H,6,13-14H2,1-5H3/b23-21+/t22-/m0/s1. The fraction of sp³-hybridized carbons (Fsp3) is 0.360. The van der Waals surface area contributed by atoms with Gasteiger partial charge in [0.2, 0.25) is 0 Å². The van der Waals surface area contributed by atoms with Crippen LogP contribution in [0.2, 0.25) is 0 Å². The van der Waals surface area contributed by atoms with Gasteiger partial charge >= 0.3 is 0 Å². The maximum Gasteiger partial charge on any atom is 0.295 e. The molecular formula is C25H30N2O5. The molecule has 1 amide bonds. The summed E-state index contributed by atoms with van der Waals surface area (Å²) < 4.78 is 10.6. The molecule has 0 radical (unpaired) electrons. The highest BCUT2D eigenvalue weighted by atomic mass is 16.5. The predicted octanol–water partition coefficient (Wildman–Crippen LogP) is 3.39. The van der Waals surface area contributed by atoms with Crippen molar-refractivity contribution in [2.24, 2.45) is 0 Å². The van der Waals surface area contributed by atoms with Crippen molar-refractivity contribution in [2.75, 3.05) is 41.4 Å². The summed E-state index contributed by atoms with van der Waals surface area (Å²) in [6, 6.07) is 11.9. The van der Waals surface area contributed by atoms with E-state index in [1.807, 2.05) is 50.2 Å². The first-order chi connectivity index (χ1) is 15.3. The summed E-state index contributed by atoms with van der Waals surface area (Å²) >= 11 is 0. The minimum Gasteiger partial charge on any atom is -0.507 e. The minimum absolute atomic E-state index is 0.0796. The van der Waals surface area contributed by atoms with Gasteiger partial charge in [-0.15, -0.1) is 0 Å². The number of carbonyl (C=O) groups is 2. The van der Waals surface area contributed by atoms with E-state index in [4.69, 9.17) is 9.47 Å². The smallest absolute Gasteiger partial charge is 0.295 e. The molecule has 0 aliphatic carbocycles. The molecule has 32 heavy (non-hydrogen) atoms. The third kappa shape index (κ3) is 4.62. The Balaban J connectivity index is 2.11. The largest absolute Gasteiger partial charge is 0.507 e. The van der Waals surface area contributed by atoms with E-state index < -0.39 is 17.7 Å². The Morgan fingerprint density at radius 2 is 1.69 bits per heavy atom. The molecule has 7 heteroatoms. The third-order valence-corrected chi connectivity index (χ3v) is 5.59. The zero-order valence-corrected chi connectivity index (χ0v) is 19.2. The van der Waals surface area contributed by atoms with Crippen LogP contribution in [0.25, 0.3) is 5.76 Å². The predicted molar refractivity (Wildman–Crippen MR) is 123 cm³/mol. The normalized spacial score (nSPS) is 17.8. The minimum atomic E-state index is -0.687. The molecule has 0 aromatic heterocycles. The number of Topliss-reactive ketones (excluding diaryl/α,β-unsaturated/α-hetero) is 1. The number of likely N-dealkylation sites (tertiary alicyclic amines) is 1. The Bertz CT molecular complexity index is 1030. The molecule has 1 aliphatic heterocycles. The maximum absolute atomic E-state index is 13.1. The van der Waals surface area contributed by atoms with Gasteiger partial charge in [0.15, 0.2) is 11.5 Å². The van der Waals surface area contributed by atoms with E-state index in [-0.39, 0.29) is 11.3 Å². The molecule has 0 saturated carbocycles. The SMILES string of the molecule is COc1ccc(/C(O)=C2\C(=O)C(=O)N(CCCN(C)C)[C@H]2c2ccc(C)cc2)cc1OC. The number of benzene rings is 2. The summed E-state index contributed by atoms with van der Waals surface area (Å²) in [6.45, 7) is 3.16. The number of aliphatic hydroxyl groups excluding tert-OH is 1. The van der Waals surface area contributed by atoms with E-state index in [1.165, 1.54) is 14.2 Å². The average molecular weight is 439 g/mol. The van der Waals surface area contributed by atoms with Crippen LogP contribution in [0.1, 0.15) is 29.2 Å². The second-order valence-corrected chi connectivity index (χ2v) is 8.13. The van der Waals surface area contributed by atoms with Gasteiger partial charge in [-0.3, -0.25) is 9.59 Å². The summed E-state index contributed by atoms with van der Waals surface area (Å²) in [5.41, 5.74) is 2.31. The molecule has 2 aromatic rings. The number of hydrogen-bond donors (Lipinski definition) is 1. The quantitative estimate of drug-likeness (QED) is 0.387. The monoisotopic (exact) mass is 438 g/mol.